The monoisotopic (exact) mass is 769 g/mol. The zero-order chi connectivity index (χ0) is 38.9. The van der Waals surface area contributed by atoms with E-state index < -0.39 is 23.3 Å². The highest BCUT2D eigenvalue weighted by Gasteiger charge is 2.19. The second-order valence-corrected chi connectivity index (χ2v) is 14.5. The first-order chi connectivity index (χ1) is 27.8. The number of anilines is 6. The van der Waals surface area contributed by atoms with Crippen molar-refractivity contribution in [1.29, 1.82) is 0 Å². The van der Waals surface area contributed by atoms with E-state index in [0.29, 0.717) is 22.7 Å². The van der Waals surface area contributed by atoms with Gasteiger partial charge < -0.3 is 9.80 Å². The van der Waals surface area contributed by atoms with Crippen LogP contribution < -0.4 is 9.80 Å². The molecular weight excluding hydrogens is 739 g/mol. The maximum Gasteiger partial charge on any atom is 0.128 e. The molecule has 0 saturated carbocycles. The quantitative estimate of drug-likeness (QED) is 0.136. The van der Waals surface area contributed by atoms with E-state index in [1.54, 1.807) is 0 Å². The van der Waals surface area contributed by atoms with Crippen LogP contribution in [0, 0.1) is 23.3 Å². The molecule has 8 aromatic carbocycles. The number of nitrogens with zero attached hydrogens (tertiary/aromatic N) is 3. The van der Waals surface area contributed by atoms with Crippen LogP contribution in [0.25, 0.3) is 43.0 Å². The maximum atomic E-state index is 14.6. The Morgan fingerprint density at radius 2 is 0.702 bits per heavy atom. The Hall–Kier alpha value is -7.03. The van der Waals surface area contributed by atoms with Crippen molar-refractivity contribution in [3.63, 3.8) is 0 Å². The summed E-state index contributed by atoms with van der Waals surface area (Å²) >= 11 is 1.49. The Bertz CT molecular complexity index is 2790. The number of fused-ring (bicyclic) bond motifs is 1. The van der Waals surface area contributed by atoms with Crippen LogP contribution in [0.15, 0.2) is 188 Å². The summed E-state index contributed by atoms with van der Waals surface area (Å²) in [6.07, 6.45) is 0. The van der Waals surface area contributed by atoms with Crippen LogP contribution in [0.3, 0.4) is 0 Å². The summed E-state index contributed by atoms with van der Waals surface area (Å²) in [6.45, 7) is 0. The molecule has 9 rings (SSSR count). The van der Waals surface area contributed by atoms with Crippen molar-refractivity contribution in [3.8, 4) is 32.8 Å². The average Bonchev–Trinajstić information content (AvgIpc) is 3.66. The van der Waals surface area contributed by atoms with Gasteiger partial charge in [0.05, 0.1) is 21.6 Å². The summed E-state index contributed by atoms with van der Waals surface area (Å²) in [5, 5.41) is 0.764. The van der Waals surface area contributed by atoms with Gasteiger partial charge in [-0.15, -0.1) is 11.3 Å². The van der Waals surface area contributed by atoms with E-state index in [9.17, 15) is 17.6 Å². The van der Waals surface area contributed by atoms with Crippen molar-refractivity contribution in [1.82, 2.24) is 4.98 Å². The van der Waals surface area contributed by atoms with Crippen molar-refractivity contribution in [2.45, 2.75) is 0 Å². The molecule has 276 valence electrons. The van der Waals surface area contributed by atoms with E-state index in [-0.39, 0.29) is 0 Å². The summed E-state index contributed by atoms with van der Waals surface area (Å²) < 4.78 is 59.3. The van der Waals surface area contributed by atoms with E-state index in [0.717, 1.165) is 66.5 Å². The molecule has 0 saturated heterocycles. The van der Waals surface area contributed by atoms with E-state index >= 15 is 0 Å². The van der Waals surface area contributed by atoms with Gasteiger partial charge in [-0.1, -0.05) is 84.9 Å². The maximum absolute atomic E-state index is 14.6. The lowest BCUT2D eigenvalue weighted by molar-refractivity contribution is 0.583. The van der Waals surface area contributed by atoms with Crippen LogP contribution in [0.2, 0.25) is 0 Å². The van der Waals surface area contributed by atoms with Crippen molar-refractivity contribution < 1.29 is 17.6 Å². The van der Waals surface area contributed by atoms with Crippen LogP contribution >= 0.6 is 11.3 Å². The molecule has 0 spiro atoms. The Balaban J connectivity index is 1.05. The minimum absolute atomic E-state index is 0.345. The number of hydrogen-bond donors (Lipinski definition) is 0. The van der Waals surface area contributed by atoms with Crippen molar-refractivity contribution in [2.75, 3.05) is 9.80 Å². The average molecular weight is 770 g/mol. The van der Waals surface area contributed by atoms with E-state index in [4.69, 9.17) is 4.98 Å². The topological polar surface area (TPSA) is 19.4 Å². The molecule has 9 aromatic rings. The summed E-state index contributed by atoms with van der Waals surface area (Å²) in [7, 11) is 0. The largest absolute Gasteiger partial charge is 0.310 e. The first-order valence-corrected chi connectivity index (χ1v) is 19.0. The number of halogens is 4. The minimum Gasteiger partial charge on any atom is -0.310 e. The predicted octanol–water partition coefficient (Wildman–Crippen LogP) is 14.8. The predicted molar refractivity (Wildman–Crippen MR) is 225 cm³/mol. The molecule has 8 heteroatoms. The normalized spacial score (nSPS) is 11.2. The summed E-state index contributed by atoms with van der Waals surface area (Å²) in [4.78, 5) is 8.56. The van der Waals surface area contributed by atoms with Gasteiger partial charge in [0.1, 0.15) is 28.3 Å². The van der Waals surface area contributed by atoms with Gasteiger partial charge in [0.15, 0.2) is 0 Å². The number of rotatable bonds is 9. The molecule has 1 heterocycles. The van der Waals surface area contributed by atoms with Crippen LogP contribution in [0.5, 0.6) is 0 Å². The molecule has 0 bridgehead atoms. The van der Waals surface area contributed by atoms with E-state index in [1.807, 2.05) is 161 Å². The SMILES string of the molecule is Fc1cc(F)cc(N(c2ccc(-c3ccccc3)cc2)c2ccc(-c3nc4ccc(N(c5ccc(-c6ccccc6)cc5)c5cc(F)cc(F)c5)cc4s3)cc2)c1. The molecule has 0 radical (unpaired) electrons. The molecule has 0 amide bonds. The van der Waals surface area contributed by atoms with Crippen LogP contribution in [-0.2, 0) is 0 Å². The van der Waals surface area contributed by atoms with Gasteiger partial charge in [-0.05, 0) is 113 Å². The molecule has 0 atom stereocenters. The third kappa shape index (κ3) is 7.51. The van der Waals surface area contributed by atoms with Gasteiger partial charge >= 0.3 is 0 Å². The summed E-state index contributed by atoms with van der Waals surface area (Å²) in [5.41, 5.74) is 9.35. The molecule has 0 aliphatic carbocycles. The molecular formula is C49H31F4N3S. The molecule has 1 aromatic heterocycles. The second-order valence-electron chi connectivity index (χ2n) is 13.5. The molecule has 0 unspecified atom stereocenters. The van der Waals surface area contributed by atoms with Crippen LogP contribution in [-0.4, -0.2) is 4.98 Å². The van der Waals surface area contributed by atoms with Crippen molar-refractivity contribution >= 4 is 55.7 Å². The first kappa shape index (κ1) is 35.7. The van der Waals surface area contributed by atoms with Crippen molar-refractivity contribution in [3.05, 3.63) is 211 Å². The Labute approximate surface area is 331 Å². The summed E-state index contributed by atoms with van der Waals surface area (Å²) in [6, 6.07) is 56.1. The van der Waals surface area contributed by atoms with Gasteiger partial charge in [-0.2, -0.15) is 0 Å². The lowest BCUT2D eigenvalue weighted by atomic mass is 10.0. The fraction of sp³-hybridized carbons (Fsp3) is 0. The Morgan fingerprint density at radius 1 is 0.333 bits per heavy atom. The Kier molecular flexibility index (Phi) is 9.54. The number of benzene rings is 8. The highest BCUT2D eigenvalue weighted by molar-refractivity contribution is 7.21. The fourth-order valence-electron chi connectivity index (χ4n) is 7.03. The second kappa shape index (κ2) is 15.2. The molecule has 57 heavy (non-hydrogen) atoms. The van der Waals surface area contributed by atoms with Crippen molar-refractivity contribution in [2.24, 2.45) is 0 Å². The molecule has 3 nitrogen and oxygen atoms in total. The van der Waals surface area contributed by atoms with Gasteiger partial charge in [-0.25, -0.2) is 22.5 Å². The third-order valence-corrected chi connectivity index (χ3v) is 10.7. The molecule has 0 N–H and O–H groups in total. The lowest BCUT2D eigenvalue weighted by Gasteiger charge is -2.26. The van der Waals surface area contributed by atoms with E-state index in [1.165, 1.54) is 35.6 Å². The standard InChI is InChI=1S/C49H31F4N3S/c50-37-25-38(51)28-45(27-37)55(41-17-11-34(12-18-41)32-7-3-1-4-8-32)42-21-15-36(16-22-42)49-54-47-24-23-44(31-48(47)57-49)56(46-29-39(52)26-40(53)30-46)43-19-13-35(14-20-43)33-9-5-2-6-10-33/h1-31H. The highest BCUT2D eigenvalue weighted by atomic mass is 32.1. The van der Waals surface area contributed by atoms with Gasteiger partial charge in [0.2, 0.25) is 0 Å². The third-order valence-electron chi connectivity index (χ3n) is 9.68. The molecule has 0 fully saturated rings. The fourth-order valence-corrected chi connectivity index (χ4v) is 8.03. The zero-order valence-electron chi connectivity index (χ0n) is 30.2. The van der Waals surface area contributed by atoms with Gasteiger partial charge in [-0.3, -0.25) is 0 Å². The van der Waals surface area contributed by atoms with Gasteiger partial charge in [0, 0.05) is 40.4 Å². The highest BCUT2D eigenvalue weighted by Crippen LogP contribution is 2.41. The smallest absolute Gasteiger partial charge is 0.128 e. The zero-order valence-corrected chi connectivity index (χ0v) is 31.0. The molecule has 0 aliphatic rings. The van der Waals surface area contributed by atoms with E-state index in [2.05, 4.69) is 0 Å². The van der Waals surface area contributed by atoms with Gasteiger partial charge in [0.25, 0.3) is 0 Å². The minimum atomic E-state index is -0.675. The Morgan fingerprint density at radius 3 is 1.14 bits per heavy atom. The lowest BCUT2D eigenvalue weighted by Crippen LogP contribution is -2.10. The summed E-state index contributed by atoms with van der Waals surface area (Å²) in [5.74, 6) is -2.70. The number of aromatic nitrogens is 1. The number of thiazole rings is 1. The van der Waals surface area contributed by atoms with Crippen LogP contribution in [0.4, 0.5) is 51.7 Å². The number of hydrogen-bond acceptors (Lipinski definition) is 4. The first-order valence-electron chi connectivity index (χ1n) is 18.2. The van der Waals surface area contributed by atoms with Crippen LogP contribution in [0.1, 0.15) is 0 Å². The molecule has 0 aliphatic heterocycles.